The molecule has 1 N–H and O–H groups in total. The highest BCUT2D eigenvalue weighted by molar-refractivity contribution is 6.31. The molecule has 0 aliphatic rings. The Hall–Kier alpha value is -1.11. The third-order valence-corrected chi connectivity index (χ3v) is 1.93. The highest BCUT2D eigenvalue weighted by atomic mass is 35.5. The lowest BCUT2D eigenvalue weighted by atomic mass is 10.1. The van der Waals surface area contributed by atoms with Gasteiger partial charge in [0.2, 0.25) is 0 Å². The molecule has 0 spiro atoms. The largest absolute Gasteiger partial charge is 0.387 e. The lowest BCUT2D eigenvalue weighted by Crippen LogP contribution is -1.97. The number of nitriles is 1. The van der Waals surface area contributed by atoms with Crippen molar-refractivity contribution in [3.05, 3.63) is 34.6 Å². The van der Waals surface area contributed by atoms with Crippen molar-refractivity contribution in [1.29, 1.82) is 5.26 Å². The zero-order valence-corrected chi connectivity index (χ0v) is 7.42. The van der Waals surface area contributed by atoms with Crippen molar-refractivity contribution >= 4 is 11.6 Å². The molecular formula is C9H7ClFNO. The smallest absolute Gasteiger partial charge is 0.124 e. The van der Waals surface area contributed by atoms with Crippen LogP contribution in [0.2, 0.25) is 5.02 Å². The van der Waals surface area contributed by atoms with Crippen LogP contribution in [0.1, 0.15) is 18.1 Å². The van der Waals surface area contributed by atoms with E-state index in [1.165, 1.54) is 12.1 Å². The second-order valence-corrected chi connectivity index (χ2v) is 2.95. The molecule has 1 unspecified atom stereocenters. The van der Waals surface area contributed by atoms with Crippen molar-refractivity contribution in [3.8, 4) is 6.07 Å². The van der Waals surface area contributed by atoms with Crippen LogP contribution < -0.4 is 0 Å². The molecule has 1 aromatic rings. The van der Waals surface area contributed by atoms with Crippen molar-refractivity contribution in [1.82, 2.24) is 0 Å². The third kappa shape index (κ3) is 2.41. The first kappa shape index (κ1) is 9.97. The Balaban J connectivity index is 2.96. The summed E-state index contributed by atoms with van der Waals surface area (Å²) in [5.41, 5.74) is 0.379. The van der Waals surface area contributed by atoms with E-state index in [2.05, 4.69) is 0 Å². The molecule has 13 heavy (non-hydrogen) atoms. The number of hydrogen-bond donors (Lipinski definition) is 1. The maximum atomic E-state index is 12.6. The van der Waals surface area contributed by atoms with Gasteiger partial charge >= 0.3 is 0 Å². The lowest BCUT2D eigenvalue weighted by molar-refractivity contribution is 0.183. The monoisotopic (exact) mass is 199 g/mol. The number of rotatable bonds is 2. The van der Waals surface area contributed by atoms with Gasteiger partial charge in [0.05, 0.1) is 18.6 Å². The van der Waals surface area contributed by atoms with Crippen molar-refractivity contribution in [3.63, 3.8) is 0 Å². The van der Waals surface area contributed by atoms with Gasteiger partial charge in [-0.05, 0) is 12.1 Å². The second kappa shape index (κ2) is 4.22. The molecule has 1 aromatic carbocycles. The summed E-state index contributed by atoms with van der Waals surface area (Å²) in [7, 11) is 0. The van der Waals surface area contributed by atoms with E-state index in [0.717, 1.165) is 6.07 Å². The predicted octanol–water partition coefficient (Wildman–Crippen LogP) is 2.43. The highest BCUT2D eigenvalue weighted by Crippen LogP contribution is 2.25. The molecule has 1 atom stereocenters. The molecule has 0 amide bonds. The summed E-state index contributed by atoms with van der Waals surface area (Å²) in [6, 6.07) is 5.48. The van der Waals surface area contributed by atoms with Gasteiger partial charge < -0.3 is 5.11 Å². The van der Waals surface area contributed by atoms with Gasteiger partial charge in [-0.25, -0.2) is 4.39 Å². The summed E-state index contributed by atoms with van der Waals surface area (Å²) >= 11 is 5.65. The molecule has 2 nitrogen and oxygen atoms in total. The minimum absolute atomic E-state index is 0.0502. The van der Waals surface area contributed by atoms with Crippen LogP contribution in [0.15, 0.2) is 18.2 Å². The molecule has 0 fully saturated rings. The SMILES string of the molecule is N#CCC(O)c1ccc(F)cc1Cl. The first-order valence-electron chi connectivity index (χ1n) is 3.65. The fourth-order valence-electron chi connectivity index (χ4n) is 0.968. The number of halogens is 2. The number of benzene rings is 1. The fourth-order valence-corrected chi connectivity index (χ4v) is 1.26. The Bertz CT molecular complexity index is 348. The average Bonchev–Trinajstić information content (AvgIpc) is 2.04. The molecule has 0 aliphatic heterocycles. The van der Waals surface area contributed by atoms with Gasteiger partial charge in [-0.1, -0.05) is 17.7 Å². The van der Waals surface area contributed by atoms with E-state index < -0.39 is 11.9 Å². The quantitative estimate of drug-likeness (QED) is 0.795. The van der Waals surface area contributed by atoms with Crippen LogP contribution >= 0.6 is 11.6 Å². The van der Waals surface area contributed by atoms with Gasteiger partial charge in [0, 0.05) is 10.6 Å². The molecule has 0 aliphatic carbocycles. The zero-order chi connectivity index (χ0) is 9.84. The average molecular weight is 200 g/mol. The van der Waals surface area contributed by atoms with Gasteiger partial charge in [0.1, 0.15) is 5.82 Å². The summed E-state index contributed by atoms with van der Waals surface area (Å²) in [6.07, 6.45) is -0.996. The first-order valence-corrected chi connectivity index (χ1v) is 4.03. The van der Waals surface area contributed by atoms with Gasteiger partial charge in [-0.3, -0.25) is 0 Å². The Kier molecular flexibility index (Phi) is 3.24. The number of nitrogens with zero attached hydrogens (tertiary/aromatic N) is 1. The Morgan fingerprint density at radius 3 is 2.85 bits per heavy atom. The van der Waals surface area contributed by atoms with E-state index in [9.17, 15) is 9.50 Å². The summed E-state index contributed by atoms with van der Waals surface area (Å²) in [5.74, 6) is -0.460. The van der Waals surface area contributed by atoms with Crippen molar-refractivity contribution < 1.29 is 9.50 Å². The van der Waals surface area contributed by atoms with E-state index >= 15 is 0 Å². The number of aliphatic hydroxyl groups excluding tert-OH is 1. The Morgan fingerprint density at radius 1 is 1.62 bits per heavy atom. The topological polar surface area (TPSA) is 44.0 Å². The van der Waals surface area contributed by atoms with Crippen LogP contribution in [0.3, 0.4) is 0 Å². The first-order chi connectivity index (χ1) is 6.15. The third-order valence-electron chi connectivity index (χ3n) is 1.61. The summed E-state index contributed by atoms with van der Waals surface area (Å²) < 4.78 is 12.6. The van der Waals surface area contributed by atoms with E-state index in [-0.39, 0.29) is 11.4 Å². The van der Waals surface area contributed by atoms with Crippen LogP contribution in [-0.2, 0) is 0 Å². The van der Waals surface area contributed by atoms with Crippen LogP contribution in [0.25, 0.3) is 0 Å². The zero-order valence-electron chi connectivity index (χ0n) is 6.67. The minimum atomic E-state index is -0.946. The van der Waals surface area contributed by atoms with Crippen LogP contribution in [-0.4, -0.2) is 5.11 Å². The van der Waals surface area contributed by atoms with Crippen LogP contribution in [0.4, 0.5) is 4.39 Å². The second-order valence-electron chi connectivity index (χ2n) is 2.54. The molecule has 0 saturated heterocycles. The Morgan fingerprint density at radius 2 is 2.31 bits per heavy atom. The molecule has 0 saturated carbocycles. The van der Waals surface area contributed by atoms with E-state index in [4.69, 9.17) is 16.9 Å². The molecule has 0 aromatic heterocycles. The van der Waals surface area contributed by atoms with Crippen molar-refractivity contribution in [2.24, 2.45) is 0 Å². The molecule has 0 bridgehead atoms. The van der Waals surface area contributed by atoms with Gasteiger partial charge in [0.25, 0.3) is 0 Å². The summed E-state index contributed by atoms with van der Waals surface area (Å²) in [5, 5.41) is 17.8. The number of aliphatic hydroxyl groups is 1. The standard InChI is InChI=1S/C9H7ClFNO/c10-8-5-6(11)1-2-7(8)9(13)3-4-12/h1-2,5,9,13H,3H2. The number of hydrogen-bond acceptors (Lipinski definition) is 2. The van der Waals surface area contributed by atoms with Gasteiger partial charge in [0.15, 0.2) is 0 Å². The minimum Gasteiger partial charge on any atom is -0.387 e. The maximum absolute atomic E-state index is 12.6. The maximum Gasteiger partial charge on any atom is 0.124 e. The fraction of sp³-hybridized carbons (Fsp3) is 0.222. The molecular weight excluding hydrogens is 193 g/mol. The molecule has 4 heteroatoms. The summed E-state index contributed by atoms with van der Waals surface area (Å²) in [6.45, 7) is 0. The predicted molar refractivity (Wildman–Crippen MR) is 46.6 cm³/mol. The highest BCUT2D eigenvalue weighted by Gasteiger charge is 2.11. The van der Waals surface area contributed by atoms with Gasteiger partial charge in [-0.2, -0.15) is 5.26 Å². The van der Waals surface area contributed by atoms with E-state index in [0.29, 0.717) is 5.56 Å². The molecule has 68 valence electrons. The lowest BCUT2D eigenvalue weighted by Gasteiger charge is -2.08. The van der Waals surface area contributed by atoms with E-state index in [1.54, 1.807) is 6.07 Å². The molecule has 1 rings (SSSR count). The van der Waals surface area contributed by atoms with E-state index in [1.807, 2.05) is 0 Å². The van der Waals surface area contributed by atoms with Crippen molar-refractivity contribution in [2.45, 2.75) is 12.5 Å². The molecule has 0 heterocycles. The van der Waals surface area contributed by atoms with Gasteiger partial charge in [-0.15, -0.1) is 0 Å². The summed E-state index contributed by atoms with van der Waals surface area (Å²) in [4.78, 5) is 0. The Labute approximate surface area is 80.2 Å². The van der Waals surface area contributed by atoms with Crippen LogP contribution in [0.5, 0.6) is 0 Å². The van der Waals surface area contributed by atoms with Crippen molar-refractivity contribution in [2.75, 3.05) is 0 Å². The van der Waals surface area contributed by atoms with Crippen LogP contribution in [0, 0.1) is 17.1 Å². The normalized spacial score (nSPS) is 12.2. The molecule has 0 radical (unpaired) electrons.